The Hall–Kier alpha value is -2.39. The van der Waals surface area contributed by atoms with Gasteiger partial charge < -0.3 is 10.1 Å². The fourth-order valence-corrected chi connectivity index (χ4v) is 4.03. The zero-order chi connectivity index (χ0) is 21.0. The monoisotopic (exact) mass is 423 g/mol. The molecule has 3 rings (SSSR count). The number of nitrogens with zero attached hydrogens (tertiary/aromatic N) is 2. The van der Waals surface area contributed by atoms with Crippen LogP contribution < -0.4 is 5.32 Å². The molecule has 1 aromatic heterocycles. The number of hydrogen-bond acceptors (Lipinski definition) is 6. The van der Waals surface area contributed by atoms with Crippen molar-refractivity contribution in [3.63, 3.8) is 0 Å². The fourth-order valence-electron chi connectivity index (χ4n) is 3.31. The van der Waals surface area contributed by atoms with Crippen LogP contribution in [-0.4, -0.2) is 47.5 Å². The lowest BCUT2D eigenvalue weighted by Gasteiger charge is -2.34. The smallest absolute Gasteiger partial charge is 0.310 e. The minimum absolute atomic E-state index is 0.221. The van der Waals surface area contributed by atoms with Crippen LogP contribution in [0.1, 0.15) is 26.7 Å². The van der Waals surface area contributed by atoms with Gasteiger partial charge in [0.1, 0.15) is 0 Å². The number of nitrogens with one attached hydrogen (secondary N) is 1. The second kappa shape index (κ2) is 9.41. The summed E-state index contributed by atoms with van der Waals surface area (Å²) in [6.45, 7) is 5.10. The molecule has 0 bridgehead atoms. The predicted molar refractivity (Wildman–Crippen MR) is 106 cm³/mol. The van der Waals surface area contributed by atoms with Crippen molar-refractivity contribution in [3.8, 4) is 11.3 Å². The normalized spacial score (nSPS) is 18.3. The molecule has 1 N–H and O–H groups in total. The van der Waals surface area contributed by atoms with Crippen molar-refractivity contribution in [2.24, 2.45) is 5.92 Å². The van der Waals surface area contributed by atoms with E-state index < -0.39 is 17.7 Å². The molecule has 1 aromatic carbocycles. The summed E-state index contributed by atoms with van der Waals surface area (Å²) in [6.07, 6.45) is 1.58. The molecule has 0 spiro atoms. The van der Waals surface area contributed by atoms with Crippen LogP contribution in [0.2, 0.25) is 0 Å². The van der Waals surface area contributed by atoms with Gasteiger partial charge in [0.25, 0.3) is 0 Å². The number of amides is 1. The van der Waals surface area contributed by atoms with Crippen molar-refractivity contribution in [2.45, 2.75) is 32.7 Å². The van der Waals surface area contributed by atoms with E-state index in [1.54, 1.807) is 19.2 Å². The Morgan fingerprint density at radius 3 is 2.90 bits per heavy atom. The maximum atomic E-state index is 13.4. The van der Waals surface area contributed by atoms with Gasteiger partial charge in [-0.3, -0.25) is 14.5 Å². The number of hydrogen-bond donors (Lipinski definition) is 1. The van der Waals surface area contributed by atoms with Gasteiger partial charge >= 0.3 is 5.97 Å². The molecule has 2 unspecified atom stereocenters. The van der Waals surface area contributed by atoms with Gasteiger partial charge in [-0.05, 0) is 51.4 Å². The summed E-state index contributed by atoms with van der Waals surface area (Å²) < 4.78 is 31.6. The van der Waals surface area contributed by atoms with Gasteiger partial charge in [0.15, 0.2) is 16.8 Å². The Morgan fingerprint density at radius 2 is 2.17 bits per heavy atom. The number of thiazole rings is 1. The molecule has 1 aliphatic heterocycles. The highest BCUT2D eigenvalue weighted by Crippen LogP contribution is 2.27. The Bertz CT molecular complexity index is 890. The Balaban J connectivity index is 1.62. The van der Waals surface area contributed by atoms with E-state index in [9.17, 15) is 18.4 Å². The van der Waals surface area contributed by atoms with Crippen LogP contribution in [-0.2, 0) is 14.3 Å². The summed E-state index contributed by atoms with van der Waals surface area (Å²) in [5, 5.41) is 4.81. The summed E-state index contributed by atoms with van der Waals surface area (Å²) in [7, 11) is 0. The third-order valence-electron chi connectivity index (χ3n) is 4.95. The van der Waals surface area contributed by atoms with E-state index in [1.165, 1.54) is 17.4 Å². The minimum atomic E-state index is -0.948. The largest absolute Gasteiger partial charge is 0.466 e. The van der Waals surface area contributed by atoms with Crippen molar-refractivity contribution in [1.29, 1.82) is 0 Å². The number of halogens is 2. The lowest BCUT2D eigenvalue weighted by atomic mass is 9.97. The van der Waals surface area contributed by atoms with Crippen LogP contribution in [0.25, 0.3) is 11.3 Å². The molecule has 1 aliphatic rings. The third-order valence-corrected chi connectivity index (χ3v) is 5.71. The van der Waals surface area contributed by atoms with E-state index in [2.05, 4.69) is 10.3 Å². The van der Waals surface area contributed by atoms with Gasteiger partial charge in [0.2, 0.25) is 5.91 Å². The van der Waals surface area contributed by atoms with Crippen molar-refractivity contribution >= 4 is 28.3 Å². The number of aromatic nitrogens is 1. The molecule has 0 aliphatic carbocycles. The van der Waals surface area contributed by atoms with Crippen LogP contribution in [0.5, 0.6) is 0 Å². The average molecular weight is 423 g/mol. The zero-order valence-corrected chi connectivity index (χ0v) is 17.1. The number of ether oxygens (including phenoxy) is 1. The summed E-state index contributed by atoms with van der Waals surface area (Å²) in [4.78, 5) is 30.9. The van der Waals surface area contributed by atoms with Crippen molar-refractivity contribution in [3.05, 3.63) is 35.2 Å². The van der Waals surface area contributed by atoms with E-state index >= 15 is 0 Å². The predicted octanol–water partition coefficient (Wildman–Crippen LogP) is 3.69. The molecule has 29 heavy (non-hydrogen) atoms. The molecule has 2 heterocycles. The van der Waals surface area contributed by atoms with E-state index in [-0.39, 0.29) is 17.8 Å². The van der Waals surface area contributed by atoms with Crippen LogP contribution in [0.4, 0.5) is 13.9 Å². The first-order valence-corrected chi connectivity index (χ1v) is 10.4. The van der Waals surface area contributed by atoms with Gasteiger partial charge in [-0.1, -0.05) is 0 Å². The van der Waals surface area contributed by atoms with Gasteiger partial charge in [0, 0.05) is 17.5 Å². The zero-order valence-electron chi connectivity index (χ0n) is 16.3. The third kappa shape index (κ3) is 5.16. The number of carbonyl (C=O) groups is 2. The minimum Gasteiger partial charge on any atom is -0.466 e. The van der Waals surface area contributed by atoms with E-state index in [4.69, 9.17) is 4.74 Å². The fraction of sp³-hybridized carbons (Fsp3) is 0.450. The number of likely N-dealkylation sites (tertiary alicyclic amines) is 1. The van der Waals surface area contributed by atoms with Crippen molar-refractivity contribution in [1.82, 2.24) is 9.88 Å². The number of carbonyl (C=O) groups excluding carboxylic acids is 2. The van der Waals surface area contributed by atoms with Crippen LogP contribution in [0.3, 0.4) is 0 Å². The Kier molecular flexibility index (Phi) is 6.92. The van der Waals surface area contributed by atoms with Crippen molar-refractivity contribution in [2.75, 3.05) is 25.0 Å². The molecular weight excluding hydrogens is 400 g/mol. The van der Waals surface area contributed by atoms with Gasteiger partial charge in [-0.15, -0.1) is 11.3 Å². The topological polar surface area (TPSA) is 71.5 Å². The number of benzene rings is 1. The van der Waals surface area contributed by atoms with Crippen LogP contribution in [0.15, 0.2) is 23.6 Å². The summed E-state index contributed by atoms with van der Waals surface area (Å²) in [6, 6.07) is 3.11. The molecule has 0 saturated carbocycles. The number of piperidine rings is 1. The molecule has 156 valence electrons. The average Bonchev–Trinajstić information content (AvgIpc) is 3.18. The van der Waals surface area contributed by atoms with Crippen LogP contribution >= 0.6 is 11.3 Å². The SMILES string of the molecule is CCOC(=O)C1CCCN(C(C)C(=O)Nc2nc(-c3ccc(F)c(F)c3)cs2)C1. The van der Waals surface area contributed by atoms with E-state index in [0.29, 0.717) is 29.5 Å². The highest BCUT2D eigenvalue weighted by atomic mass is 32.1. The van der Waals surface area contributed by atoms with E-state index in [0.717, 1.165) is 31.5 Å². The first kappa shape index (κ1) is 21.3. The van der Waals surface area contributed by atoms with Gasteiger partial charge in [-0.25, -0.2) is 13.8 Å². The highest BCUT2D eigenvalue weighted by molar-refractivity contribution is 7.14. The number of rotatable bonds is 6. The summed E-state index contributed by atoms with van der Waals surface area (Å²) in [5.74, 6) is -2.55. The van der Waals surface area contributed by atoms with Crippen LogP contribution in [0, 0.1) is 17.6 Å². The van der Waals surface area contributed by atoms with E-state index in [1.807, 2.05) is 4.90 Å². The summed E-state index contributed by atoms with van der Waals surface area (Å²) in [5.41, 5.74) is 0.888. The Morgan fingerprint density at radius 1 is 1.38 bits per heavy atom. The number of anilines is 1. The van der Waals surface area contributed by atoms with Gasteiger partial charge in [0.05, 0.1) is 24.3 Å². The molecular formula is C20H23F2N3O3S. The standard InChI is InChI=1S/C20H23F2N3O3S/c1-3-28-19(27)14-5-4-8-25(10-14)12(2)18(26)24-20-23-17(11-29-20)13-6-7-15(21)16(22)9-13/h6-7,9,11-12,14H,3-5,8,10H2,1-2H3,(H,23,24,26). The first-order valence-electron chi connectivity index (χ1n) is 9.51. The summed E-state index contributed by atoms with van der Waals surface area (Å²) >= 11 is 1.21. The first-order chi connectivity index (χ1) is 13.9. The molecule has 6 nitrogen and oxygen atoms in total. The van der Waals surface area contributed by atoms with Crippen molar-refractivity contribution < 1.29 is 23.1 Å². The van der Waals surface area contributed by atoms with Gasteiger partial charge in [-0.2, -0.15) is 0 Å². The molecule has 1 fully saturated rings. The maximum absolute atomic E-state index is 13.4. The number of esters is 1. The molecule has 1 amide bonds. The highest BCUT2D eigenvalue weighted by Gasteiger charge is 2.31. The molecule has 2 atom stereocenters. The quantitative estimate of drug-likeness (QED) is 0.718. The molecule has 2 aromatic rings. The lowest BCUT2D eigenvalue weighted by molar-refractivity contribution is -0.150. The molecule has 0 radical (unpaired) electrons. The maximum Gasteiger partial charge on any atom is 0.310 e. The second-order valence-electron chi connectivity index (χ2n) is 6.92. The Labute approximate surface area is 171 Å². The second-order valence-corrected chi connectivity index (χ2v) is 7.78. The molecule has 1 saturated heterocycles. The molecule has 9 heteroatoms. The lowest BCUT2D eigenvalue weighted by Crippen LogP contribution is -2.48.